The van der Waals surface area contributed by atoms with Crippen molar-refractivity contribution in [3.05, 3.63) is 160 Å². The summed E-state index contributed by atoms with van der Waals surface area (Å²) in [5.41, 5.74) is 9.33. The van der Waals surface area contributed by atoms with Gasteiger partial charge >= 0.3 is 5.97 Å². The molecule has 0 aliphatic carbocycles. The van der Waals surface area contributed by atoms with Gasteiger partial charge in [0.2, 0.25) is 0 Å². The molecular weight excluding hydrogens is 938 g/mol. The Morgan fingerprint density at radius 3 is 1.01 bits per heavy atom. The Hall–Kier alpha value is -6.10. The van der Waals surface area contributed by atoms with Crippen LogP contribution in [0.15, 0.2) is 109 Å². The maximum absolute atomic E-state index is 14.6. The Morgan fingerprint density at radius 1 is 0.446 bits per heavy atom. The van der Waals surface area contributed by atoms with Crippen LogP contribution in [-0.2, 0) is 18.0 Å². The van der Waals surface area contributed by atoms with Crippen LogP contribution in [0, 0.1) is 33.7 Å². The summed E-state index contributed by atoms with van der Waals surface area (Å²) < 4.78 is 64.2. The second-order valence-electron chi connectivity index (χ2n) is 21.2. The number of benzene rings is 6. The van der Waals surface area contributed by atoms with Crippen LogP contribution < -0.4 is 14.2 Å². The van der Waals surface area contributed by atoms with Crippen molar-refractivity contribution in [2.75, 3.05) is 28.4 Å². The van der Waals surface area contributed by atoms with E-state index in [0.717, 1.165) is 63.8 Å². The molecule has 6 aromatic rings. The molecule has 2 N–H and O–H groups in total. The summed E-state index contributed by atoms with van der Waals surface area (Å²) in [6, 6.07) is 31.1. The standard InChI is InChI=1S/C22H27FO3.2C21H27FO2/c1-7-22(3,4)14(2)18-12-15(21(24)26-6)8-10-17(18)19-13-16(25-5)9-11-20(19)23;2*1-6-21(3,4)14(2)18-11-15(13-23)7-9-17(18)19-12-16(24-5)8-10-20(19)22/h8-14H,7H2,1-6H3;2*7-12,14,23H,6,13H2,1-5H3/t;2*14-/m.10/s1. The molecule has 6 aromatic carbocycles. The van der Waals surface area contributed by atoms with Gasteiger partial charge in [-0.2, -0.15) is 0 Å². The van der Waals surface area contributed by atoms with Crippen molar-refractivity contribution in [1.29, 1.82) is 0 Å². The van der Waals surface area contributed by atoms with E-state index in [1.165, 1.54) is 25.3 Å². The van der Waals surface area contributed by atoms with E-state index < -0.39 is 5.97 Å². The molecule has 0 saturated heterocycles. The minimum atomic E-state index is -0.398. The molecule has 0 aliphatic rings. The minimum Gasteiger partial charge on any atom is -0.497 e. The lowest BCUT2D eigenvalue weighted by atomic mass is 9.72. The first-order valence-electron chi connectivity index (χ1n) is 25.6. The molecule has 400 valence electrons. The summed E-state index contributed by atoms with van der Waals surface area (Å²) in [7, 11) is 6.07. The van der Waals surface area contributed by atoms with Gasteiger partial charge in [0.25, 0.3) is 0 Å². The molecule has 0 aromatic heterocycles. The zero-order valence-corrected chi connectivity index (χ0v) is 46.7. The smallest absolute Gasteiger partial charge is 0.337 e. The van der Waals surface area contributed by atoms with Gasteiger partial charge in [-0.25, -0.2) is 18.0 Å². The first kappa shape index (κ1) is 60.5. The average molecular weight is 1020 g/mol. The zero-order chi connectivity index (χ0) is 55.3. The van der Waals surface area contributed by atoms with Crippen molar-refractivity contribution in [2.45, 2.75) is 133 Å². The SMILES string of the molecule is CCC(C)(C)C(C)c1cc(C(=O)OC)ccc1-c1cc(OC)ccc1F.CCC(C)(C)[C@@H](C)c1cc(CO)ccc1-c1cc(OC)ccc1F.CCC(C)(C)[C@H](C)c1cc(CO)ccc1-c1cc(OC)ccc1F. The Kier molecular flexibility index (Phi) is 21.6. The fourth-order valence-electron chi connectivity index (χ4n) is 8.73. The van der Waals surface area contributed by atoms with E-state index in [0.29, 0.717) is 39.5 Å². The normalized spacial score (nSPS) is 12.8. The third-order valence-corrected chi connectivity index (χ3v) is 16.1. The molecule has 0 saturated carbocycles. The number of ether oxygens (including phenoxy) is 4. The third kappa shape index (κ3) is 14.4. The van der Waals surface area contributed by atoms with Crippen LogP contribution in [0.1, 0.15) is 158 Å². The lowest BCUT2D eigenvalue weighted by Gasteiger charge is -2.33. The summed E-state index contributed by atoms with van der Waals surface area (Å²) >= 11 is 0. The highest BCUT2D eigenvalue weighted by Crippen LogP contribution is 2.46. The fraction of sp³-hybridized carbons (Fsp3) is 0.422. The molecule has 3 atom stereocenters. The van der Waals surface area contributed by atoms with Gasteiger partial charge in [-0.15, -0.1) is 0 Å². The van der Waals surface area contributed by atoms with E-state index in [9.17, 15) is 28.2 Å². The van der Waals surface area contributed by atoms with Crippen LogP contribution >= 0.6 is 0 Å². The number of aliphatic hydroxyl groups excluding tert-OH is 2. The van der Waals surface area contributed by atoms with Gasteiger partial charge in [-0.05, 0) is 145 Å². The highest BCUT2D eigenvalue weighted by atomic mass is 19.1. The van der Waals surface area contributed by atoms with E-state index in [1.807, 2.05) is 42.5 Å². The molecule has 10 heteroatoms. The molecule has 7 nitrogen and oxygen atoms in total. The average Bonchev–Trinajstić information content (AvgIpc) is 3.42. The molecule has 0 radical (unpaired) electrons. The summed E-state index contributed by atoms with van der Waals surface area (Å²) in [6.45, 7) is 26.1. The Labute approximate surface area is 440 Å². The third-order valence-electron chi connectivity index (χ3n) is 16.1. The van der Waals surface area contributed by atoms with E-state index >= 15 is 0 Å². The van der Waals surface area contributed by atoms with Crippen LogP contribution in [-0.4, -0.2) is 44.6 Å². The zero-order valence-electron chi connectivity index (χ0n) is 46.7. The van der Waals surface area contributed by atoms with Crippen molar-refractivity contribution in [3.63, 3.8) is 0 Å². The molecule has 0 fully saturated rings. The highest BCUT2D eigenvalue weighted by Gasteiger charge is 2.31. The Balaban J connectivity index is 0.000000241. The summed E-state index contributed by atoms with van der Waals surface area (Å²) in [5.74, 6) is 1.14. The molecule has 1 unspecified atom stereocenters. The lowest BCUT2D eigenvalue weighted by Crippen LogP contribution is -2.20. The summed E-state index contributed by atoms with van der Waals surface area (Å²) in [6.07, 6.45) is 2.98. The van der Waals surface area contributed by atoms with Gasteiger partial charge in [-0.3, -0.25) is 0 Å². The number of aliphatic hydroxyl groups is 2. The number of halogens is 3. The minimum absolute atomic E-state index is 0.0150. The Bertz CT molecular complexity index is 2690. The predicted molar refractivity (Wildman–Crippen MR) is 296 cm³/mol. The maximum atomic E-state index is 14.6. The van der Waals surface area contributed by atoms with Crippen molar-refractivity contribution >= 4 is 5.97 Å². The van der Waals surface area contributed by atoms with Gasteiger partial charge in [-0.1, -0.05) is 145 Å². The quantitative estimate of drug-likeness (QED) is 0.0828. The fourth-order valence-corrected chi connectivity index (χ4v) is 8.73. The number of methoxy groups -OCH3 is 4. The summed E-state index contributed by atoms with van der Waals surface area (Å²) in [5, 5.41) is 19.0. The van der Waals surface area contributed by atoms with Crippen molar-refractivity contribution < 1.29 is 47.1 Å². The van der Waals surface area contributed by atoms with Gasteiger partial charge in [0, 0.05) is 16.7 Å². The van der Waals surface area contributed by atoms with E-state index in [1.54, 1.807) is 69.9 Å². The predicted octanol–water partition coefficient (Wildman–Crippen LogP) is 16.9. The van der Waals surface area contributed by atoms with Crippen LogP contribution in [0.2, 0.25) is 0 Å². The number of carbonyl (C=O) groups is 1. The number of carbonyl (C=O) groups excluding carboxylic acids is 1. The Morgan fingerprint density at radius 2 is 0.743 bits per heavy atom. The molecule has 74 heavy (non-hydrogen) atoms. The van der Waals surface area contributed by atoms with Crippen LogP contribution in [0.3, 0.4) is 0 Å². The van der Waals surface area contributed by atoms with Crippen molar-refractivity contribution in [2.24, 2.45) is 16.2 Å². The number of hydrogen-bond donors (Lipinski definition) is 2. The number of esters is 1. The van der Waals surface area contributed by atoms with E-state index in [2.05, 4.69) is 83.1 Å². The van der Waals surface area contributed by atoms with Crippen LogP contribution in [0.5, 0.6) is 17.2 Å². The molecule has 0 amide bonds. The van der Waals surface area contributed by atoms with E-state index in [-0.39, 0.29) is 64.7 Å². The number of hydrogen-bond acceptors (Lipinski definition) is 7. The van der Waals surface area contributed by atoms with Crippen LogP contribution in [0.4, 0.5) is 13.2 Å². The highest BCUT2D eigenvalue weighted by molar-refractivity contribution is 5.91. The molecule has 0 aliphatic heterocycles. The van der Waals surface area contributed by atoms with Crippen LogP contribution in [0.25, 0.3) is 33.4 Å². The molecular formula is C64H81F3O7. The van der Waals surface area contributed by atoms with Gasteiger partial charge < -0.3 is 29.2 Å². The molecule has 0 spiro atoms. The van der Waals surface area contributed by atoms with Gasteiger partial charge in [0.05, 0.1) is 47.2 Å². The lowest BCUT2D eigenvalue weighted by molar-refractivity contribution is 0.0600. The largest absolute Gasteiger partial charge is 0.497 e. The first-order valence-corrected chi connectivity index (χ1v) is 25.6. The maximum Gasteiger partial charge on any atom is 0.337 e. The topological polar surface area (TPSA) is 94.5 Å². The van der Waals surface area contributed by atoms with E-state index in [4.69, 9.17) is 18.9 Å². The van der Waals surface area contributed by atoms with Gasteiger partial charge in [0.15, 0.2) is 0 Å². The molecule has 0 bridgehead atoms. The van der Waals surface area contributed by atoms with Crippen molar-refractivity contribution in [1.82, 2.24) is 0 Å². The molecule has 0 heterocycles. The van der Waals surface area contributed by atoms with Gasteiger partial charge in [0.1, 0.15) is 34.7 Å². The van der Waals surface area contributed by atoms with Crippen molar-refractivity contribution in [3.8, 4) is 50.6 Å². The number of rotatable bonds is 18. The first-order chi connectivity index (χ1) is 34.9. The second-order valence-corrected chi connectivity index (χ2v) is 21.2. The summed E-state index contributed by atoms with van der Waals surface area (Å²) in [4.78, 5) is 12.0. The second kappa shape index (κ2) is 26.4. The molecule has 6 rings (SSSR count). The monoisotopic (exact) mass is 1020 g/mol.